The van der Waals surface area contributed by atoms with Crippen LogP contribution in [0.3, 0.4) is 0 Å². The van der Waals surface area contributed by atoms with E-state index in [9.17, 15) is 18.8 Å². The average Bonchev–Trinajstić information content (AvgIpc) is 3.41. The van der Waals surface area contributed by atoms with Gasteiger partial charge in [-0.15, -0.1) is 11.3 Å². The van der Waals surface area contributed by atoms with E-state index in [2.05, 4.69) is 4.74 Å². The SMILES string of the molecule is COC(=O)OCOc1c2n(ccc1=O)N1CN(C2=O)C2(/C=C/COc3c(ccc(F)c3F)C1c1ccsc1C)CC(OC)C2. The maximum absolute atomic E-state index is 15.5. The highest BCUT2D eigenvalue weighted by molar-refractivity contribution is 7.10. The van der Waals surface area contributed by atoms with Gasteiger partial charge in [-0.25, -0.2) is 9.18 Å². The molecule has 2 bridgehead atoms. The lowest BCUT2D eigenvalue weighted by atomic mass is 9.72. The van der Waals surface area contributed by atoms with Gasteiger partial charge in [-0.1, -0.05) is 6.08 Å². The molecule has 1 atom stereocenters. The van der Waals surface area contributed by atoms with Crippen LogP contribution in [0.5, 0.6) is 11.5 Å². The van der Waals surface area contributed by atoms with E-state index in [-0.39, 0.29) is 36.6 Å². The van der Waals surface area contributed by atoms with Crippen LogP contribution in [0, 0.1) is 18.6 Å². The second-order valence-corrected chi connectivity index (χ2v) is 11.7. The number of carbonyl (C=O) groups excluding carboxylic acids is 2. The first kappa shape index (κ1) is 29.6. The molecule has 3 aliphatic rings. The van der Waals surface area contributed by atoms with Crippen molar-refractivity contribution in [2.24, 2.45) is 0 Å². The topological polar surface area (TPSA) is 109 Å². The summed E-state index contributed by atoms with van der Waals surface area (Å²) in [5, 5.41) is 3.66. The Morgan fingerprint density at radius 2 is 1.93 bits per heavy atom. The number of carbonyl (C=O) groups is 2. The molecule has 1 amide bonds. The van der Waals surface area contributed by atoms with Crippen molar-refractivity contribution in [3.05, 3.63) is 91.6 Å². The quantitative estimate of drug-likeness (QED) is 0.233. The van der Waals surface area contributed by atoms with Gasteiger partial charge >= 0.3 is 6.16 Å². The summed E-state index contributed by atoms with van der Waals surface area (Å²) in [6.45, 7) is 1.11. The average molecular weight is 630 g/mol. The molecule has 2 aromatic heterocycles. The predicted molar refractivity (Wildman–Crippen MR) is 154 cm³/mol. The molecule has 3 aromatic rings. The Bertz CT molecular complexity index is 1700. The summed E-state index contributed by atoms with van der Waals surface area (Å²) in [5.41, 5.74) is -0.546. The molecule has 232 valence electrons. The summed E-state index contributed by atoms with van der Waals surface area (Å²) in [6.07, 6.45) is 4.61. The van der Waals surface area contributed by atoms with Crippen LogP contribution in [0.25, 0.3) is 0 Å². The van der Waals surface area contributed by atoms with Gasteiger partial charge in [-0.05, 0) is 42.1 Å². The zero-order chi connectivity index (χ0) is 31.2. The normalized spacial score (nSPS) is 23.1. The van der Waals surface area contributed by atoms with Crippen molar-refractivity contribution in [3.63, 3.8) is 0 Å². The standard InChI is InChI=1S/C30H29F2N3O8S/c1-17-19(8-12-44-17)24-20-5-6-21(31)23(32)26(20)41-11-4-9-30(13-18(14-30)39-2)33-15-35(24)34-10-7-22(36)27(25(34)28(33)37)42-16-43-29(38)40-3/h4-10,12,18,24H,11,13-16H2,1-3H3/b9-4+. The van der Waals surface area contributed by atoms with Crippen LogP contribution in [-0.4, -0.2) is 67.6 Å². The van der Waals surface area contributed by atoms with Crippen LogP contribution in [0.2, 0.25) is 0 Å². The molecule has 1 spiro atoms. The van der Waals surface area contributed by atoms with E-state index in [0.717, 1.165) is 23.6 Å². The van der Waals surface area contributed by atoms with E-state index in [0.29, 0.717) is 18.4 Å². The Balaban J connectivity index is 1.60. The zero-order valence-corrected chi connectivity index (χ0v) is 24.9. The van der Waals surface area contributed by atoms with Crippen LogP contribution in [0.15, 0.2) is 52.8 Å². The number of aromatic nitrogens is 1. The number of fused-ring (bicyclic) bond motifs is 6. The fraction of sp³-hybridized carbons (Fsp3) is 0.367. The van der Waals surface area contributed by atoms with Gasteiger partial charge in [0.05, 0.1) is 18.8 Å². The van der Waals surface area contributed by atoms with E-state index in [1.165, 1.54) is 34.3 Å². The third-order valence-corrected chi connectivity index (χ3v) is 9.11. The highest BCUT2D eigenvalue weighted by Crippen LogP contribution is 2.46. The van der Waals surface area contributed by atoms with Gasteiger partial charge < -0.3 is 28.6 Å². The van der Waals surface area contributed by atoms with E-state index >= 15 is 4.39 Å². The fourth-order valence-electron chi connectivity index (χ4n) is 6.02. The second kappa shape index (κ2) is 11.6. The van der Waals surface area contributed by atoms with Crippen molar-refractivity contribution >= 4 is 23.4 Å². The van der Waals surface area contributed by atoms with Crippen molar-refractivity contribution in [2.75, 3.05) is 39.3 Å². The van der Waals surface area contributed by atoms with Gasteiger partial charge in [0.15, 0.2) is 17.3 Å². The Labute approximate surface area is 254 Å². The summed E-state index contributed by atoms with van der Waals surface area (Å²) in [7, 11) is 2.71. The monoisotopic (exact) mass is 629 g/mol. The first-order valence-electron chi connectivity index (χ1n) is 13.7. The molecule has 0 N–H and O–H groups in total. The smallest absolute Gasteiger partial charge is 0.486 e. The van der Waals surface area contributed by atoms with Gasteiger partial charge in [-0.3, -0.25) is 19.3 Å². The molecule has 14 heteroatoms. The zero-order valence-electron chi connectivity index (χ0n) is 24.1. The number of nitrogens with zero attached hydrogens (tertiary/aromatic N) is 3. The summed E-state index contributed by atoms with van der Waals surface area (Å²) in [4.78, 5) is 41.7. The van der Waals surface area contributed by atoms with Crippen molar-refractivity contribution in [1.29, 1.82) is 0 Å². The number of thiophene rings is 1. The van der Waals surface area contributed by atoms with E-state index < -0.39 is 47.5 Å². The fourth-order valence-corrected chi connectivity index (χ4v) is 6.76. The molecule has 1 fully saturated rings. The van der Waals surface area contributed by atoms with Crippen LogP contribution in [0.4, 0.5) is 13.6 Å². The Morgan fingerprint density at radius 3 is 2.64 bits per heavy atom. The molecule has 1 aromatic carbocycles. The van der Waals surface area contributed by atoms with Crippen LogP contribution in [0.1, 0.15) is 45.4 Å². The number of methoxy groups -OCH3 is 2. The summed E-state index contributed by atoms with van der Waals surface area (Å²) < 4.78 is 57.9. The molecule has 0 saturated heterocycles. The Kier molecular flexibility index (Phi) is 7.80. The van der Waals surface area contributed by atoms with Crippen LogP contribution < -0.4 is 19.9 Å². The van der Waals surface area contributed by atoms with Gasteiger partial charge in [-0.2, -0.15) is 4.39 Å². The lowest BCUT2D eigenvalue weighted by Gasteiger charge is -2.56. The summed E-state index contributed by atoms with van der Waals surface area (Å²) in [5.74, 6) is -3.34. The number of hydrogen-bond donors (Lipinski definition) is 0. The number of aryl methyl sites for hydroxylation is 1. The number of benzene rings is 1. The lowest BCUT2D eigenvalue weighted by Crippen LogP contribution is -2.67. The minimum absolute atomic E-state index is 0.00797. The third-order valence-electron chi connectivity index (χ3n) is 8.24. The molecule has 11 nitrogen and oxygen atoms in total. The van der Waals surface area contributed by atoms with Crippen molar-refractivity contribution in [3.8, 4) is 11.5 Å². The minimum atomic E-state index is -1.14. The molecular weight excluding hydrogens is 600 g/mol. The van der Waals surface area contributed by atoms with Gasteiger partial charge in [0.25, 0.3) is 5.91 Å². The van der Waals surface area contributed by atoms with E-state index in [1.54, 1.807) is 23.1 Å². The lowest BCUT2D eigenvalue weighted by molar-refractivity contribution is -0.0604. The largest absolute Gasteiger partial charge is 0.510 e. The molecule has 4 heterocycles. The van der Waals surface area contributed by atoms with E-state index in [1.807, 2.05) is 24.4 Å². The van der Waals surface area contributed by atoms with Crippen LogP contribution in [-0.2, 0) is 14.2 Å². The summed E-state index contributed by atoms with van der Waals surface area (Å²) >= 11 is 1.47. The molecule has 1 unspecified atom stereocenters. The number of rotatable bonds is 5. The van der Waals surface area contributed by atoms with Crippen molar-refractivity contribution in [1.82, 2.24) is 9.58 Å². The number of hydrogen-bond acceptors (Lipinski definition) is 10. The molecule has 44 heavy (non-hydrogen) atoms. The highest BCUT2D eigenvalue weighted by atomic mass is 32.1. The molecule has 6 rings (SSSR count). The van der Waals surface area contributed by atoms with Crippen molar-refractivity contribution in [2.45, 2.75) is 37.5 Å². The molecule has 1 aliphatic carbocycles. The second-order valence-electron chi connectivity index (χ2n) is 10.6. The van der Waals surface area contributed by atoms with Gasteiger partial charge in [0.1, 0.15) is 19.3 Å². The summed E-state index contributed by atoms with van der Waals surface area (Å²) in [6, 6.07) is 4.78. The molecule has 2 aliphatic heterocycles. The van der Waals surface area contributed by atoms with Gasteiger partial charge in [0.2, 0.25) is 23.8 Å². The first-order chi connectivity index (χ1) is 21.2. The number of pyridine rings is 1. The third kappa shape index (κ3) is 4.87. The van der Waals surface area contributed by atoms with Gasteiger partial charge in [0, 0.05) is 42.7 Å². The maximum atomic E-state index is 15.5. The maximum Gasteiger partial charge on any atom is 0.510 e. The Morgan fingerprint density at radius 1 is 1.14 bits per heavy atom. The molecular formula is C30H29F2N3O8S. The highest BCUT2D eigenvalue weighted by Gasteiger charge is 2.53. The molecule has 0 radical (unpaired) electrons. The number of halogens is 2. The predicted octanol–water partition coefficient (Wildman–Crippen LogP) is 4.25. The van der Waals surface area contributed by atoms with Crippen molar-refractivity contribution < 1.29 is 42.1 Å². The van der Waals surface area contributed by atoms with E-state index in [4.69, 9.17) is 18.9 Å². The number of ether oxygens (including phenoxy) is 5. The molecule has 1 saturated carbocycles. The first-order valence-corrected chi connectivity index (χ1v) is 14.6. The minimum Gasteiger partial charge on any atom is -0.486 e. The van der Waals surface area contributed by atoms with Crippen LogP contribution >= 0.6 is 11.3 Å². The number of amides is 1. The Hall–Kier alpha value is -4.43.